The summed E-state index contributed by atoms with van der Waals surface area (Å²) < 4.78 is 5.17. The van der Waals surface area contributed by atoms with Crippen molar-refractivity contribution in [1.29, 1.82) is 0 Å². The molecule has 4 nitrogen and oxygen atoms in total. The largest absolute Gasteiger partial charge is 0.444 e. The lowest BCUT2D eigenvalue weighted by Gasteiger charge is -2.42. The minimum atomic E-state index is -0.409. The van der Waals surface area contributed by atoms with Crippen LogP contribution in [0.25, 0.3) is 0 Å². The summed E-state index contributed by atoms with van der Waals surface area (Å²) >= 11 is 0. The maximum absolute atomic E-state index is 11.4. The van der Waals surface area contributed by atoms with E-state index in [4.69, 9.17) is 4.74 Å². The summed E-state index contributed by atoms with van der Waals surface area (Å²) in [5, 5.41) is 2.81. The molecule has 0 aromatic carbocycles. The molecule has 0 aliphatic carbocycles. The van der Waals surface area contributed by atoms with Gasteiger partial charge in [-0.2, -0.15) is 0 Å². The predicted octanol–water partition coefficient (Wildman–Crippen LogP) is 1.85. The van der Waals surface area contributed by atoms with Gasteiger partial charge in [-0.15, -0.1) is 0 Å². The number of hydrogen-bond acceptors (Lipinski definition) is 3. The predicted molar refractivity (Wildman–Crippen MR) is 64.4 cm³/mol. The van der Waals surface area contributed by atoms with Gasteiger partial charge in [-0.3, -0.25) is 0 Å². The molecule has 1 saturated heterocycles. The number of carbonyl (C=O) groups excluding carboxylic acids is 1. The Morgan fingerprint density at radius 1 is 1.44 bits per heavy atom. The van der Waals surface area contributed by atoms with Crippen molar-refractivity contribution in [3.05, 3.63) is 0 Å². The Labute approximate surface area is 98.3 Å². The van der Waals surface area contributed by atoms with E-state index >= 15 is 0 Å². The lowest BCUT2D eigenvalue weighted by molar-refractivity contribution is 0.0417. The molecule has 0 bridgehead atoms. The molecule has 0 spiro atoms. The number of likely N-dealkylation sites (tertiary alicyclic amines) is 1. The first-order valence-electron chi connectivity index (χ1n) is 5.99. The fourth-order valence-corrected chi connectivity index (χ4v) is 1.70. The third-order valence-electron chi connectivity index (χ3n) is 2.65. The molecular formula is C12H24N2O2. The lowest BCUT2D eigenvalue weighted by atomic mass is 9.98. The Morgan fingerprint density at radius 3 is 2.44 bits per heavy atom. The van der Waals surface area contributed by atoms with Gasteiger partial charge >= 0.3 is 6.09 Å². The van der Waals surface area contributed by atoms with Crippen LogP contribution in [0.2, 0.25) is 0 Å². The second-order valence-electron chi connectivity index (χ2n) is 5.80. The Balaban J connectivity index is 2.11. The molecule has 1 rings (SSSR count). The number of hydrogen-bond donors (Lipinski definition) is 1. The Morgan fingerprint density at radius 2 is 2.00 bits per heavy atom. The topological polar surface area (TPSA) is 41.6 Å². The van der Waals surface area contributed by atoms with E-state index in [0.717, 1.165) is 19.6 Å². The van der Waals surface area contributed by atoms with Crippen molar-refractivity contribution in [3.8, 4) is 0 Å². The second-order valence-corrected chi connectivity index (χ2v) is 5.80. The van der Waals surface area contributed by atoms with Crippen molar-refractivity contribution in [2.24, 2.45) is 5.92 Å². The van der Waals surface area contributed by atoms with Crippen LogP contribution in [0, 0.1) is 5.92 Å². The van der Waals surface area contributed by atoms with Crippen molar-refractivity contribution in [2.45, 2.75) is 46.3 Å². The molecule has 0 atom stereocenters. The van der Waals surface area contributed by atoms with Crippen molar-refractivity contribution in [1.82, 2.24) is 10.2 Å². The number of rotatable bonds is 3. The maximum Gasteiger partial charge on any atom is 0.407 e. The van der Waals surface area contributed by atoms with Crippen LogP contribution < -0.4 is 5.32 Å². The van der Waals surface area contributed by atoms with E-state index < -0.39 is 5.60 Å². The molecule has 4 heteroatoms. The molecule has 1 aliphatic rings. The highest BCUT2D eigenvalue weighted by Crippen LogP contribution is 2.17. The molecule has 0 saturated carbocycles. The standard InChI is InChI=1S/C12H24N2O2/c1-9(2)14-7-10(8-14)6-13-11(15)16-12(3,4)5/h9-10H,6-8H2,1-5H3,(H,13,15). The number of amides is 1. The Kier molecular flexibility index (Phi) is 4.19. The molecule has 16 heavy (non-hydrogen) atoms. The van der Waals surface area contributed by atoms with E-state index in [0.29, 0.717) is 12.0 Å². The van der Waals surface area contributed by atoms with Gasteiger partial charge in [-0.25, -0.2) is 4.79 Å². The number of carbonyl (C=O) groups is 1. The van der Waals surface area contributed by atoms with Gasteiger partial charge in [0, 0.05) is 31.6 Å². The van der Waals surface area contributed by atoms with Crippen LogP contribution in [0.4, 0.5) is 4.79 Å². The number of alkyl carbamates (subject to hydrolysis) is 1. The zero-order chi connectivity index (χ0) is 12.3. The van der Waals surface area contributed by atoms with Gasteiger partial charge in [0.25, 0.3) is 0 Å². The molecule has 1 aliphatic heterocycles. The van der Waals surface area contributed by atoms with E-state index in [1.54, 1.807) is 0 Å². The molecule has 1 N–H and O–H groups in total. The van der Waals surface area contributed by atoms with E-state index in [9.17, 15) is 4.79 Å². The van der Waals surface area contributed by atoms with Crippen LogP contribution in [-0.2, 0) is 4.74 Å². The summed E-state index contributed by atoms with van der Waals surface area (Å²) in [6, 6.07) is 0.609. The summed E-state index contributed by atoms with van der Waals surface area (Å²) in [5.41, 5.74) is -0.409. The van der Waals surface area contributed by atoms with Gasteiger partial charge in [0.15, 0.2) is 0 Å². The fraction of sp³-hybridized carbons (Fsp3) is 0.917. The molecule has 1 heterocycles. The van der Waals surface area contributed by atoms with Crippen LogP contribution in [0.1, 0.15) is 34.6 Å². The number of ether oxygens (including phenoxy) is 1. The van der Waals surface area contributed by atoms with Crippen molar-refractivity contribution in [3.63, 3.8) is 0 Å². The van der Waals surface area contributed by atoms with Gasteiger partial charge in [0.2, 0.25) is 0 Å². The average Bonchev–Trinajstić information content (AvgIpc) is 1.96. The van der Waals surface area contributed by atoms with Gasteiger partial charge < -0.3 is 15.0 Å². The van der Waals surface area contributed by atoms with E-state index in [-0.39, 0.29) is 6.09 Å². The van der Waals surface area contributed by atoms with E-state index in [1.807, 2.05) is 20.8 Å². The molecule has 0 radical (unpaired) electrons. The first-order valence-corrected chi connectivity index (χ1v) is 5.99. The highest BCUT2D eigenvalue weighted by atomic mass is 16.6. The second kappa shape index (κ2) is 5.04. The highest BCUT2D eigenvalue weighted by Gasteiger charge is 2.28. The molecular weight excluding hydrogens is 204 g/mol. The third kappa shape index (κ3) is 4.39. The zero-order valence-corrected chi connectivity index (χ0v) is 11.0. The first kappa shape index (κ1) is 13.3. The first-order chi connectivity index (χ1) is 7.28. The minimum absolute atomic E-state index is 0.310. The number of nitrogens with zero attached hydrogens (tertiary/aromatic N) is 1. The Hall–Kier alpha value is -0.770. The lowest BCUT2D eigenvalue weighted by Crippen LogP contribution is -2.54. The fourth-order valence-electron chi connectivity index (χ4n) is 1.70. The normalized spacial score (nSPS) is 18.4. The van der Waals surface area contributed by atoms with Gasteiger partial charge in [0.1, 0.15) is 5.60 Å². The summed E-state index contributed by atoms with van der Waals surface area (Å²) in [7, 11) is 0. The van der Waals surface area contributed by atoms with Crippen LogP contribution in [0.3, 0.4) is 0 Å². The summed E-state index contributed by atoms with van der Waals surface area (Å²) in [6.07, 6.45) is -0.310. The van der Waals surface area contributed by atoms with Crippen molar-refractivity contribution < 1.29 is 9.53 Å². The summed E-state index contributed by atoms with van der Waals surface area (Å²) in [4.78, 5) is 13.8. The molecule has 0 aromatic rings. The molecule has 1 fully saturated rings. The van der Waals surface area contributed by atoms with Crippen molar-refractivity contribution >= 4 is 6.09 Å². The average molecular weight is 228 g/mol. The maximum atomic E-state index is 11.4. The SMILES string of the molecule is CC(C)N1CC(CNC(=O)OC(C)(C)C)C1. The summed E-state index contributed by atoms with van der Waals surface area (Å²) in [6.45, 7) is 12.9. The van der Waals surface area contributed by atoms with Gasteiger partial charge in [-0.1, -0.05) is 0 Å². The van der Waals surface area contributed by atoms with E-state index in [2.05, 4.69) is 24.1 Å². The molecule has 0 unspecified atom stereocenters. The van der Waals surface area contributed by atoms with Gasteiger partial charge in [0.05, 0.1) is 0 Å². The minimum Gasteiger partial charge on any atom is -0.444 e. The zero-order valence-electron chi connectivity index (χ0n) is 11.0. The smallest absolute Gasteiger partial charge is 0.407 e. The van der Waals surface area contributed by atoms with Crippen LogP contribution >= 0.6 is 0 Å². The monoisotopic (exact) mass is 228 g/mol. The number of nitrogens with one attached hydrogen (secondary N) is 1. The van der Waals surface area contributed by atoms with Crippen molar-refractivity contribution in [2.75, 3.05) is 19.6 Å². The van der Waals surface area contributed by atoms with Crippen LogP contribution in [0.5, 0.6) is 0 Å². The highest BCUT2D eigenvalue weighted by molar-refractivity contribution is 5.67. The quantitative estimate of drug-likeness (QED) is 0.801. The third-order valence-corrected chi connectivity index (χ3v) is 2.65. The van der Waals surface area contributed by atoms with Gasteiger partial charge in [-0.05, 0) is 34.6 Å². The molecule has 0 aromatic heterocycles. The Bertz CT molecular complexity index is 240. The van der Waals surface area contributed by atoms with Crippen LogP contribution in [-0.4, -0.2) is 42.3 Å². The molecule has 1 amide bonds. The summed E-state index contributed by atoms with van der Waals surface area (Å²) in [5.74, 6) is 0.579. The van der Waals surface area contributed by atoms with E-state index in [1.165, 1.54) is 0 Å². The molecule has 94 valence electrons. The van der Waals surface area contributed by atoms with Crippen LogP contribution in [0.15, 0.2) is 0 Å².